The molecular formula is C22H22N4O3. The average Bonchev–Trinajstić information content (AvgIpc) is 3.07. The molecular weight excluding hydrogens is 368 g/mol. The number of hydrogen-bond donors (Lipinski definition) is 2. The van der Waals surface area contributed by atoms with Crippen molar-refractivity contribution in [2.24, 2.45) is 5.73 Å². The highest BCUT2D eigenvalue weighted by molar-refractivity contribution is 5.91. The van der Waals surface area contributed by atoms with E-state index < -0.39 is 5.92 Å². The fraction of sp³-hybridized carbons (Fsp3) is 0.273. The molecule has 0 amide bonds. The van der Waals surface area contributed by atoms with Gasteiger partial charge in [0.1, 0.15) is 23.1 Å². The van der Waals surface area contributed by atoms with Gasteiger partial charge in [-0.1, -0.05) is 12.1 Å². The van der Waals surface area contributed by atoms with Crippen LogP contribution in [0.25, 0.3) is 10.8 Å². The molecule has 0 fully saturated rings. The third kappa shape index (κ3) is 3.03. The van der Waals surface area contributed by atoms with Crippen molar-refractivity contribution in [3.63, 3.8) is 0 Å². The van der Waals surface area contributed by atoms with Crippen LogP contribution in [-0.4, -0.2) is 23.4 Å². The molecule has 0 bridgehead atoms. The van der Waals surface area contributed by atoms with E-state index in [9.17, 15) is 5.26 Å². The average molecular weight is 390 g/mol. The van der Waals surface area contributed by atoms with Crippen LogP contribution in [0, 0.1) is 18.3 Å². The van der Waals surface area contributed by atoms with Crippen LogP contribution >= 0.6 is 0 Å². The van der Waals surface area contributed by atoms with Gasteiger partial charge in [0.25, 0.3) is 0 Å². The Balaban J connectivity index is 2.07. The Hall–Kier alpha value is -3.66. The maximum Gasteiger partial charge on any atom is 0.244 e. The Bertz CT molecular complexity index is 1150. The number of aromatic nitrogens is 2. The molecule has 29 heavy (non-hydrogen) atoms. The summed E-state index contributed by atoms with van der Waals surface area (Å²) in [6, 6.07) is 12.1. The van der Waals surface area contributed by atoms with Crippen LogP contribution in [0.15, 0.2) is 41.8 Å². The Morgan fingerprint density at radius 3 is 2.66 bits per heavy atom. The molecule has 0 saturated heterocycles. The van der Waals surface area contributed by atoms with Gasteiger partial charge in [0.05, 0.1) is 19.1 Å². The highest BCUT2D eigenvalue weighted by atomic mass is 16.5. The van der Waals surface area contributed by atoms with Crippen molar-refractivity contribution in [2.75, 3.05) is 13.2 Å². The molecule has 148 valence electrons. The van der Waals surface area contributed by atoms with E-state index in [4.69, 9.17) is 19.9 Å². The quantitative estimate of drug-likeness (QED) is 0.685. The highest BCUT2D eigenvalue weighted by Gasteiger charge is 2.37. The molecule has 1 aromatic heterocycles. The molecule has 3 N–H and O–H groups in total. The van der Waals surface area contributed by atoms with Gasteiger partial charge in [-0.05, 0) is 49.7 Å². The monoisotopic (exact) mass is 390 g/mol. The van der Waals surface area contributed by atoms with Gasteiger partial charge in [0.2, 0.25) is 11.8 Å². The number of ether oxygens (including phenoxy) is 3. The van der Waals surface area contributed by atoms with E-state index >= 15 is 0 Å². The largest absolute Gasteiger partial charge is 0.494 e. The predicted octanol–water partition coefficient (Wildman–Crippen LogP) is 3.89. The number of aryl methyl sites for hydroxylation is 1. The lowest BCUT2D eigenvalue weighted by atomic mass is 9.81. The molecule has 1 atom stereocenters. The number of benzene rings is 2. The fourth-order valence-corrected chi connectivity index (χ4v) is 3.82. The second kappa shape index (κ2) is 7.40. The summed E-state index contributed by atoms with van der Waals surface area (Å²) < 4.78 is 17.3. The van der Waals surface area contributed by atoms with Crippen LogP contribution in [-0.2, 0) is 0 Å². The van der Waals surface area contributed by atoms with Crippen LogP contribution in [0.2, 0.25) is 0 Å². The summed E-state index contributed by atoms with van der Waals surface area (Å²) >= 11 is 0. The van der Waals surface area contributed by atoms with Crippen molar-refractivity contribution >= 4 is 10.8 Å². The fourth-order valence-electron chi connectivity index (χ4n) is 3.82. The molecule has 0 saturated carbocycles. The molecule has 1 aliphatic rings. The van der Waals surface area contributed by atoms with E-state index in [2.05, 4.69) is 16.3 Å². The molecule has 7 nitrogen and oxygen atoms in total. The van der Waals surface area contributed by atoms with Gasteiger partial charge in [0, 0.05) is 16.8 Å². The maximum atomic E-state index is 9.91. The van der Waals surface area contributed by atoms with E-state index in [0.29, 0.717) is 30.4 Å². The molecule has 1 aliphatic heterocycles. The first kappa shape index (κ1) is 18.7. The number of aromatic amines is 1. The zero-order chi connectivity index (χ0) is 20.5. The van der Waals surface area contributed by atoms with Crippen molar-refractivity contribution in [1.29, 1.82) is 5.26 Å². The third-order valence-electron chi connectivity index (χ3n) is 5.02. The summed E-state index contributed by atoms with van der Waals surface area (Å²) in [7, 11) is 0. The summed E-state index contributed by atoms with van der Waals surface area (Å²) in [4.78, 5) is 0. The lowest BCUT2D eigenvalue weighted by Gasteiger charge is -2.26. The SMILES string of the molecule is CCOc1ccc2ccc(OCC)c([C@@H]3C(C#N)=C(N)Oc4n[nH]c(C)c43)c2c1. The zero-order valence-electron chi connectivity index (χ0n) is 16.6. The van der Waals surface area contributed by atoms with Crippen LogP contribution in [0.1, 0.15) is 36.6 Å². The lowest BCUT2D eigenvalue weighted by Crippen LogP contribution is -2.21. The topological polar surface area (TPSA) is 106 Å². The second-order valence-corrected chi connectivity index (χ2v) is 6.72. The molecule has 0 aliphatic carbocycles. The molecule has 3 aromatic rings. The normalized spacial score (nSPS) is 15.6. The van der Waals surface area contributed by atoms with Gasteiger partial charge in [-0.25, -0.2) is 0 Å². The summed E-state index contributed by atoms with van der Waals surface area (Å²) in [5.41, 5.74) is 8.87. The molecule has 2 aromatic carbocycles. The van der Waals surface area contributed by atoms with Crippen LogP contribution < -0.4 is 19.9 Å². The summed E-state index contributed by atoms with van der Waals surface area (Å²) in [6.07, 6.45) is 0. The first-order valence-electron chi connectivity index (χ1n) is 9.53. The molecule has 2 heterocycles. The van der Waals surface area contributed by atoms with Crippen molar-refractivity contribution in [3.8, 4) is 23.4 Å². The van der Waals surface area contributed by atoms with Crippen LogP contribution in [0.5, 0.6) is 17.4 Å². The first-order chi connectivity index (χ1) is 14.1. The number of allylic oxidation sites excluding steroid dienone is 1. The summed E-state index contributed by atoms with van der Waals surface area (Å²) in [5.74, 6) is 1.40. The Labute approximate surface area is 168 Å². The smallest absolute Gasteiger partial charge is 0.244 e. The number of nitrogens with two attached hydrogens (primary N) is 1. The van der Waals surface area contributed by atoms with Gasteiger partial charge in [-0.3, -0.25) is 5.10 Å². The number of nitriles is 1. The van der Waals surface area contributed by atoms with Gasteiger partial charge >= 0.3 is 0 Å². The number of fused-ring (bicyclic) bond motifs is 2. The minimum absolute atomic E-state index is 0.0527. The lowest BCUT2D eigenvalue weighted by molar-refractivity contribution is 0.334. The maximum absolute atomic E-state index is 9.91. The third-order valence-corrected chi connectivity index (χ3v) is 5.02. The Morgan fingerprint density at radius 2 is 1.93 bits per heavy atom. The van der Waals surface area contributed by atoms with E-state index in [0.717, 1.165) is 33.3 Å². The molecule has 7 heteroatoms. The van der Waals surface area contributed by atoms with Crippen molar-refractivity contribution in [3.05, 3.63) is 58.6 Å². The minimum Gasteiger partial charge on any atom is -0.494 e. The van der Waals surface area contributed by atoms with Gasteiger partial charge in [-0.15, -0.1) is 5.10 Å². The van der Waals surface area contributed by atoms with E-state index in [1.165, 1.54) is 0 Å². The van der Waals surface area contributed by atoms with Crippen molar-refractivity contribution in [2.45, 2.75) is 26.7 Å². The van der Waals surface area contributed by atoms with E-state index in [1.54, 1.807) is 0 Å². The van der Waals surface area contributed by atoms with Crippen molar-refractivity contribution in [1.82, 2.24) is 10.2 Å². The van der Waals surface area contributed by atoms with E-state index in [1.807, 2.05) is 51.1 Å². The molecule has 4 rings (SSSR count). The standard InChI is InChI=1S/C22H22N4O3/c1-4-27-14-8-6-13-7-9-17(28-5-2)19(15(13)10-14)20-16(11-23)21(24)29-22-18(20)12(3)25-26-22/h6-10,20H,4-5,24H2,1-3H3,(H,25,26)/t20-/m1/s1. The second-order valence-electron chi connectivity index (χ2n) is 6.72. The summed E-state index contributed by atoms with van der Waals surface area (Å²) in [5, 5.41) is 19.0. The predicted molar refractivity (Wildman–Crippen MR) is 109 cm³/mol. The van der Waals surface area contributed by atoms with Crippen molar-refractivity contribution < 1.29 is 14.2 Å². The van der Waals surface area contributed by atoms with Gasteiger partial charge in [0.15, 0.2) is 0 Å². The first-order valence-corrected chi connectivity index (χ1v) is 9.53. The van der Waals surface area contributed by atoms with Crippen LogP contribution in [0.4, 0.5) is 0 Å². The van der Waals surface area contributed by atoms with Gasteiger partial charge in [-0.2, -0.15) is 5.26 Å². The molecule has 0 unspecified atom stereocenters. The van der Waals surface area contributed by atoms with E-state index in [-0.39, 0.29) is 5.88 Å². The summed E-state index contributed by atoms with van der Waals surface area (Å²) in [6.45, 7) is 6.82. The molecule has 0 radical (unpaired) electrons. The zero-order valence-corrected chi connectivity index (χ0v) is 16.6. The van der Waals surface area contributed by atoms with Crippen LogP contribution in [0.3, 0.4) is 0 Å². The minimum atomic E-state index is -0.468. The molecule has 0 spiro atoms. The number of H-pyrrole nitrogens is 1. The Kier molecular flexibility index (Phi) is 4.77. The number of rotatable bonds is 5. The highest BCUT2D eigenvalue weighted by Crippen LogP contribution is 2.48. The number of nitrogens with zero attached hydrogens (tertiary/aromatic N) is 2. The number of hydrogen-bond acceptors (Lipinski definition) is 6. The van der Waals surface area contributed by atoms with Gasteiger partial charge < -0.3 is 19.9 Å². The number of nitrogens with one attached hydrogen (secondary N) is 1. The Morgan fingerprint density at radius 1 is 1.17 bits per heavy atom.